The van der Waals surface area contributed by atoms with Crippen LogP contribution in [0.15, 0.2) is 78.9 Å². The van der Waals surface area contributed by atoms with E-state index >= 15 is 0 Å². The quantitative estimate of drug-likeness (QED) is 0.478. The molecule has 1 aliphatic heterocycles. The minimum Gasteiger partial charge on any atom is -0.325 e. The summed E-state index contributed by atoms with van der Waals surface area (Å²) >= 11 is 0. The lowest BCUT2D eigenvalue weighted by molar-refractivity contribution is -0.114. The average Bonchev–Trinajstić information content (AvgIpc) is 3.30. The molecule has 34 heavy (non-hydrogen) atoms. The Bertz CT molecular complexity index is 1340. The van der Waals surface area contributed by atoms with Crippen molar-refractivity contribution in [1.82, 2.24) is 20.2 Å². The van der Waals surface area contributed by atoms with Crippen LogP contribution < -0.4 is 10.2 Å². The highest BCUT2D eigenvalue weighted by molar-refractivity contribution is 5.97. The maximum absolute atomic E-state index is 13.1. The molecule has 7 heteroatoms. The molecule has 1 unspecified atom stereocenters. The summed E-state index contributed by atoms with van der Waals surface area (Å²) in [7, 11) is 0. The number of aromatic nitrogens is 4. The fourth-order valence-electron chi connectivity index (χ4n) is 4.37. The van der Waals surface area contributed by atoms with Crippen LogP contribution in [0.3, 0.4) is 0 Å². The zero-order chi connectivity index (χ0) is 23.7. The first-order valence-electron chi connectivity index (χ1n) is 11.3. The molecule has 0 fully saturated rings. The third kappa shape index (κ3) is 4.32. The van der Waals surface area contributed by atoms with Gasteiger partial charge in [-0.1, -0.05) is 71.3 Å². The van der Waals surface area contributed by atoms with Crippen LogP contribution in [0.2, 0.25) is 0 Å². The van der Waals surface area contributed by atoms with Gasteiger partial charge < -0.3 is 5.32 Å². The number of tetrazole rings is 1. The van der Waals surface area contributed by atoms with Crippen LogP contribution in [0, 0.1) is 20.8 Å². The Morgan fingerprint density at radius 2 is 1.62 bits per heavy atom. The molecular formula is C27H26N6O. The van der Waals surface area contributed by atoms with Crippen LogP contribution in [-0.4, -0.2) is 32.7 Å². The fourth-order valence-corrected chi connectivity index (χ4v) is 4.37. The molecule has 0 saturated carbocycles. The molecule has 3 aromatic carbocycles. The molecular weight excluding hydrogens is 424 g/mol. The second-order valence-electron chi connectivity index (χ2n) is 8.71. The van der Waals surface area contributed by atoms with E-state index in [2.05, 4.69) is 64.2 Å². The van der Waals surface area contributed by atoms with E-state index in [9.17, 15) is 4.79 Å². The standard InChI is InChI=1S/C27H26N6O/c1-18-9-11-22(12-10-18)25-16-24(21-7-5-4-6-8-21)32(27-29-30-31-33(25)27)17-26(34)28-23-14-19(2)13-20(3)15-23/h4-16,25H,17H2,1-3H3,(H,28,34). The third-order valence-electron chi connectivity index (χ3n) is 5.88. The molecule has 0 saturated heterocycles. The lowest BCUT2D eigenvalue weighted by Crippen LogP contribution is -2.37. The first kappa shape index (κ1) is 21.6. The summed E-state index contributed by atoms with van der Waals surface area (Å²) in [4.78, 5) is 15.0. The van der Waals surface area contributed by atoms with Gasteiger partial charge >= 0.3 is 0 Å². The number of aryl methyl sites for hydroxylation is 3. The lowest BCUT2D eigenvalue weighted by Gasteiger charge is -2.32. The smallest absolute Gasteiger partial charge is 0.251 e. The molecule has 0 bridgehead atoms. The predicted molar refractivity (Wildman–Crippen MR) is 133 cm³/mol. The number of carbonyl (C=O) groups excluding carboxylic acids is 1. The van der Waals surface area contributed by atoms with E-state index in [0.29, 0.717) is 5.95 Å². The van der Waals surface area contributed by atoms with E-state index in [1.165, 1.54) is 5.56 Å². The predicted octanol–water partition coefficient (Wildman–Crippen LogP) is 4.69. The number of benzene rings is 3. The largest absolute Gasteiger partial charge is 0.325 e. The van der Waals surface area contributed by atoms with E-state index in [-0.39, 0.29) is 18.5 Å². The molecule has 1 atom stereocenters. The number of hydrogen-bond donors (Lipinski definition) is 1. The first-order valence-corrected chi connectivity index (χ1v) is 11.3. The average molecular weight is 451 g/mol. The normalized spacial score (nSPS) is 15.0. The molecule has 0 spiro atoms. The van der Waals surface area contributed by atoms with E-state index < -0.39 is 0 Å². The van der Waals surface area contributed by atoms with Crippen LogP contribution in [0.4, 0.5) is 11.6 Å². The molecule has 1 N–H and O–H groups in total. The number of nitrogens with one attached hydrogen (secondary N) is 1. The van der Waals surface area contributed by atoms with Gasteiger partial charge in [-0.2, -0.15) is 4.68 Å². The summed E-state index contributed by atoms with van der Waals surface area (Å²) in [5, 5.41) is 15.5. The Kier molecular flexibility index (Phi) is 5.67. The van der Waals surface area contributed by atoms with E-state index in [1.54, 1.807) is 4.68 Å². The van der Waals surface area contributed by atoms with Crippen molar-refractivity contribution in [3.63, 3.8) is 0 Å². The minimum atomic E-state index is -0.181. The summed E-state index contributed by atoms with van der Waals surface area (Å²) < 4.78 is 1.77. The molecule has 170 valence electrons. The van der Waals surface area contributed by atoms with Crippen molar-refractivity contribution in [3.05, 3.63) is 107 Å². The molecule has 5 rings (SSSR count). The maximum atomic E-state index is 13.1. The second kappa shape index (κ2) is 8.94. The van der Waals surface area contributed by atoms with Crippen molar-refractivity contribution in [2.75, 3.05) is 16.8 Å². The summed E-state index contributed by atoms with van der Waals surface area (Å²) in [5.74, 6) is 0.387. The SMILES string of the molecule is Cc1ccc(C2C=C(c3ccccc3)N(CC(=O)Nc3cc(C)cc(C)c3)c3nnnn32)cc1. The van der Waals surface area contributed by atoms with Crippen LogP contribution >= 0.6 is 0 Å². The summed E-state index contributed by atoms with van der Waals surface area (Å²) in [6, 6.07) is 24.2. The van der Waals surface area contributed by atoms with Gasteiger partial charge in [0.15, 0.2) is 0 Å². The number of fused-ring (bicyclic) bond motifs is 1. The maximum Gasteiger partial charge on any atom is 0.251 e. The van der Waals surface area contributed by atoms with Crippen molar-refractivity contribution in [1.29, 1.82) is 0 Å². The molecule has 7 nitrogen and oxygen atoms in total. The van der Waals surface area contributed by atoms with Gasteiger partial charge in [-0.05, 0) is 71.7 Å². The highest BCUT2D eigenvalue weighted by atomic mass is 16.2. The summed E-state index contributed by atoms with van der Waals surface area (Å²) in [5.41, 5.74) is 7.13. The van der Waals surface area contributed by atoms with Crippen molar-refractivity contribution in [2.24, 2.45) is 0 Å². The summed E-state index contributed by atoms with van der Waals surface area (Å²) in [6.45, 7) is 6.18. The van der Waals surface area contributed by atoms with Gasteiger partial charge in [-0.25, -0.2) is 0 Å². The lowest BCUT2D eigenvalue weighted by atomic mass is 10.00. The zero-order valence-corrected chi connectivity index (χ0v) is 19.4. The molecule has 0 aliphatic carbocycles. The minimum absolute atomic E-state index is 0.0781. The van der Waals surface area contributed by atoms with E-state index in [4.69, 9.17) is 0 Å². The summed E-state index contributed by atoms with van der Waals surface area (Å²) in [6.07, 6.45) is 2.12. The van der Waals surface area contributed by atoms with Gasteiger partial charge in [0.2, 0.25) is 5.91 Å². The van der Waals surface area contributed by atoms with Crippen molar-refractivity contribution < 1.29 is 4.79 Å². The Balaban J connectivity index is 1.52. The number of carbonyl (C=O) groups is 1. The molecule has 1 aromatic heterocycles. The molecule has 1 aliphatic rings. The Hall–Kier alpha value is -4.26. The van der Waals surface area contributed by atoms with Gasteiger partial charge in [0.1, 0.15) is 12.6 Å². The van der Waals surface area contributed by atoms with Crippen LogP contribution in [0.1, 0.15) is 33.9 Å². The van der Waals surface area contributed by atoms with E-state index in [1.807, 2.05) is 61.2 Å². The Morgan fingerprint density at radius 1 is 0.912 bits per heavy atom. The number of hydrogen-bond acceptors (Lipinski definition) is 5. The molecule has 4 aromatic rings. The number of anilines is 2. The number of nitrogens with zero attached hydrogens (tertiary/aromatic N) is 5. The molecule has 1 amide bonds. The highest BCUT2D eigenvalue weighted by Crippen LogP contribution is 2.36. The number of amides is 1. The van der Waals surface area contributed by atoms with Crippen LogP contribution in [0.5, 0.6) is 0 Å². The number of rotatable bonds is 5. The van der Waals surface area contributed by atoms with Crippen molar-refractivity contribution >= 4 is 23.2 Å². The van der Waals surface area contributed by atoms with Crippen LogP contribution in [0.25, 0.3) is 5.70 Å². The highest BCUT2D eigenvalue weighted by Gasteiger charge is 2.31. The van der Waals surface area contributed by atoms with Crippen molar-refractivity contribution in [3.8, 4) is 0 Å². The molecule has 0 radical (unpaired) electrons. The Labute approximate surface area is 198 Å². The van der Waals surface area contributed by atoms with Gasteiger partial charge in [-0.3, -0.25) is 9.69 Å². The molecule has 2 heterocycles. The topological polar surface area (TPSA) is 75.9 Å². The monoisotopic (exact) mass is 450 g/mol. The Morgan fingerprint density at radius 3 is 2.32 bits per heavy atom. The first-order chi connectivity index (χ1) is 16.5. The zero-order valence-electron chi connectivity index (χ0n) is 19.4. The van der Waals surface area contributed by atoms with Crippen molar-refractivity contribution in [2.45, 2.75) is 26.8 Å². The van der Waals surface area contributed by atoms with E-state index in [0.717, 1.165) is 33.6 Å². The van der Waals surface area contributed by atoms with Crippen LogP contribution in [-0.2, 0) is 4.79 Å². The fraction of sp³-hybridized carbons (Fsp3) is 0.185. The number of allylic oxidation sites excluding steroid dienone is 1. The van der Waals surface area contributed by atoms with Gasteiger partial charge in [0.05, 0.1) is 5.70 Å². The second-order valence-corrected chi connectivity index (χ2v) is 8.71. The van der Waals surface area contributed by atoms with Gasteiger partial charge in [0, 0.05) is 5.69 Å². The third-order valence-corrected chi connectivity index (χ3v) is 5.88. The van der Waals surface area contributed by atoms with Gasteiger partial charge in [-0.15, -0.1) is 0 Å². The van der Waals surface area contributed by atoms with Gasteiger partial charge in [0.25, 0.3) is 5.95 Å².